The van der Waals surface area contributed by atoms with Crippen LogP contribution in [0.15, 0.2) is 34.8 Å². The molecular weight excluding hydrogens is 324 g/mol. The molecule has 0 unspecified atom stereocenters. The summed E-state index contributed by atoms with van der Waals surface area (Å²) in [5.41, 5.74) is 0.925. The fraction of sp³-hybridized carbons (Fsp3) is 0.333. The van der Waals surface area contributed by atoms with Gasteiger partial charge >= 0.3 is 11.9 Å². The van der Waals surface area contributed by atoms with Crippen molar-refractivity contribution in [2.24, 2.45) is 11.8 Å². The minimum atomic E-state index is -0.531. The first-order valence-electron chi connectivity index (χ1n) is 6.37. The van der Waals surface area contributed by atoms with Crippen LogP contribution < -0.4 is 4.74 Å². The highest BCUT2D eigenvalue weighted by atomic mass is 79.9. The van der Waals surface area contributed by atoms with Crippen molar-refractivity contribution in [2.45, 2.75) is 12.3 Å². The van der Waals surface area contributed by atoms with Crippen LogP contribution in [0.5, 0.6) is 5.75 Å². The molecule has 4 nitrogen and oxygen atoms in total. The first kappa shape index (κ1) is 13.4. The number of carbonyl (C=O) groups is 2. The third-order valence-corrected chi connectivity index (χ3v) is 4.71. The lowest BCUT2D eigenvalue weighted by molar-refractivity contribution is -0.156. The molecule has 1 aliphatic carbocycles. The molecule has 0 spiro atoms. The van der Waals surface area contributed by atoms with Crippen molar-refractivity contribution in [1.82, 2.24) is 0 Å². The molecule has 0 aromatic heterocycles. The van der Waals surface area contributed by atoms with Gasteiger partial charge in [-0.25, -0.2) is 0 Å². The summed E-state index contributed by atoms with van der Waals surface area (Å²) in [6.45, 7) is 0. The molecule has 0 fully saturated rings. The molecule has 1 aliphatic heterocycles. The van der Waals surface area contributed by atoms with Crippen LogP contribution in [0.1, 0.15) is 17.9 Å². The Morgan fingerprint density at radius 3 is 2.90 bits per heavy atom. The number of esters is 2. The molecule has 0 bridgehead atoms. The van der Waals surface area contributed by atoms with E-state index in [1.807, 2.05) is 24.3 Å². The van der Waals surface area contributed by atoms with Gasteiger partial charge in [0.15, 0.2) is 0 Å². The van der Waals surface area contributed by atoms with E-state index in [9.17, 15) is 9.59 Å². The number of ether oxygens (including phenoxy) is 2. The summed E-state index contributed by atoms with van der Waals surface area (Å²) in [5, 5.41) is 0. The molecule has 2 aliphatic rings. The number of hydrogen-bond donors (Lipinski definition) is 0. The zero-order valence-corrected chi connectivity index (χ0v) is 12.4. The summed E-state index contributed by atoms with van der Waals surface area (Å²) in [5.74, 6) is -1.37. The molecule has 104 valence electrons. The standard InChI is InChI=1S/C15H13BrO4/c1-19-14(17)9-6-7-10(16)12-8-4-2-3-5-11(8)20-15(18)13(9)12/h2-5,7,9,12-13H,6H2,1H3/t9-,12+,13+/m1/s1. The number of methoxy groups -OCH3 is 1. The smallest absolute Gasteiger partial charge is 0.316 e. The zero-order chi connectivity index (χ0) is 14.3. The van der Waals surface area contributed by atoms with Gasteiger partial charge in [-0.05, 0) is 17.0 Å². The lowest BCUT2D eigenvalue weighted by atomic mass is 9.71. The van der Waals surface area contributed by atoms with Crippen LogP contribution in [0.2, 0.25) is 0 Å². The number of hydrogen-bond acceptors (Lipinski definition) is 4. The molecule has 1 aromatic carbocycles. The second kappa shape index (κ2) is 5.05. The average Bonchev–Trinajstić information content (AvgIpc) is 2.47. The van der Waals surface area contributed by atoms with Gasteiger partial charge in [0.05, 0.1) is 18.9 Å². The molecule has 0 amide bonds. The van der Waals surface area contributed by atoms with E-state index in [-0.39, 0.29) is 17.9 Å². The van der Waals surface area contributed by atoms with Gasteiger partial charge in [-0.2, -0.15) is 0 Å². The summed E-state index contributed by atoms with van der Waals surface area (Å²) in [7, 11) is 1.34. The predicted molar refractivity (Wildman–Crippen MR) is 75.4 cm³/mol. The van der Waals surface area contributed by atoms with Gasteiger partial charge in [0.25, 0.3) is 0 Å². The Labute approximate surface area is 124 Å². The highest BCUT2D eigenvalue weighted by molar-refractivity contribution is 9.11. The summed E-state index contributed by atoms with van der Waals surface area (Å²) >= 11 is 3.53. The number of halogens is 1. The Morgan fingerprint density at radius 1 is 1.40 bits per heavy atom. The maximum Gasteiger partial charge on any atom is 0.316 e. The number of allylic oxidation sites excluding steroid dienone is 2. The van der Waals surface area contributed by atoms with Crippen molar-refractivity contribution >= 4 is 27.9 Å². The molecule has 0 radical (unpaired) electrons. The van der Waals surface area contributed by atoms with Gasteiger partial charge in [-0.3, -0.25) is 9.59 Å². The van der Waals surface area contributed by atoms with Crippen molar-refractivity contribution in [1.29, 1.82) is 0 Å². The Bertz CT molecular complexity index is 608. The molecular formula is C15H13BrO4. The van der Waals surface area contributed by atoms with Crippen molar-refractivity contribution in [3.05, 3.63) is 40.4 Å². The lowest BCUT2D eigenvalue weighted by Gasteiger charge is -2.37. The van der Waals surface area contributed by atoms with E-state index < -0.39 is 11.8 Å². The van der Waals surface area contributed by atoms with Crippen LogP contribution in [-0.4, -0.2) is 19.0 Å². The minimum Gasteiger partial charge on any atom is -0.469 e. The van der Waals surface area contributed by atoms with Crippen LogP contribution in [-0.2, 0) is 14.3 Å². The van der Waals surface area contributed by atoms with E-state index in [1.165, 1.54) is 7.11 Å². The largest absolute Gasteiger partial charge is 0.469 e. The maximum atomic E-state index is 12.3. The van der Waals surface area contributed by atoms with Gasteiger partial charge in [-0.1, -0.05) is 40.2 Å². The second-order valence-corrected chi connectivity index (χ2v) is 5.83. The Morgan fingerprint density at radius 2 is 2.15 bits per heavy atom. The van der Waals surface area contributed by atoms with Gasteiger partial charge in [0, 0.05) is 11.5 Å². The number of carbonyl (C=O) groups excluding carboxylic acids is 2. The number of benzene rings is 1. The Hall–Kier alpha value is -1.62. The fourth-order valence-corrected chi connectivity index (χ4v) is 3.68. The number of fused-ring (bicyclic) bond motifs is 3. The predicted octanol–water partition coefficient (Wildman–Crippen LogP) is 2.78. The van der Waals surface area contributed by atoms with E-state index in [4.69, 9.17) is 9.47 Å². The second-order valence-electron chi connectivity index (χ2n) is 4.92. The van der Waals surface area contributed by atoms with E-state index in [2.05, 4.69) is 15.9 Å². The van der Waals surface area contributed by atoms with Gasteiger partial charge in [-0.15, -0.1) is 0 Å². The molecule has 1 aromatic rings. The zero-order valence-electron chi connectivity index (χ0n) is 10.8. The first-order valence-corrected chi connectivity index (χ1v) is 7.16. The van der Waals surface area contributed by atoms with E-state index in [0.717, 1.165) is 10.0 Å². The van der Waals surface area contributed by atoms with Crippen LogP contribution in [0.4, 0.5) is 0 Å². The molecule has 1 heterocycles. The van der Waals surface area contributed by atoms with Crippen LogP contribution in [0.25, 0.3) is 0 Å². The molecule has 20 heavy (non-hydrogen) atoms. The highest BCUT2D eigenvalue weighted by Gasteiger charge is 2.48. The highest BCUT2D eigenvalue weighted by Crippen LogP contribution is 2.50. The molecule has 5 heteroatoms. The van der Waals surface area contributed by atoms with Crippen molar-refractivity contribution < 1.29 is 19.1 Å². The maximum absolute atomic E-state index is 12.3. The van der Waals surface area contributed by atoms with Gasteiger partial charge in [0.1, 0.15) is 5.75 Å². The third kappa shape index (κ3) is 1.97. The Kier molecular flexibility index (Phi) is 3.38. The topological polar surface area (TPSA) is 52.6 Å². The molecule has 0 N–H and O–H groups in total. The molecule has 3 atom stereocenters. The molecule has 0 saturated carbocycles. The third-order valence-electron chi connectivity index (χ3n) is 3.90. The average molecular weight is 337 g/mol. The molecule has 0 saturated heterocycles. The summed E-state index contributed by atoms with van der Waals surface area (Å²) in [4.78, 5) is 24.2. The van der Waals surface area contributed by atoms with E-state index in [0.29, 0.717) is 12.2 Å². The van der Waals surface area contributed by atoms with Crippen molar-refractivity contribution in [3.63, 3.8) is 0 Å². The summed E-state index contributed by atoms with van der Waals surface area (Å²) < 4.78 is 11.1. The summed E-state index contributed by atoms with van der Waals surface area (Å²) in [6, 6.07) is 7.42. The fourth-order valence-electron chi connectivity index (χ4n) is 2.96. The van der Waals surface area contributed by atoms with Gasteiger partial charge < -0.3 is 9.47 Å². The minimum absolute atomic E-state index is 0.176. The number of rotatable bonds is 1. The SMILES string of the molecule is COC(=O)[C@@H]1CC=C(Br)[C@@H]2c3ccccc3OC(=O)[C@H]21. The van der Waals surface area contributed by atoms with Crippen LogP contribution >= 0.6 is 15.9 Å². The van der Waals surface area contributed by atoms with Crippen molar-refractivity contribution in [3.8, 4) is 5.75 Å². The lowest BCUT2D eigenvalue weighted by Crippen LogP contribution is -2.42. The van der Waals surface area contributed by atoms with Crippen LogP contribution in [0, 0.1) is 11.8 Å². The first-order chi connectivity index (χ1) is 9.63. The van der Waals surface area contributed by atoms with Gasteiger partial charge in [0.2, 0.25) is 0 Å². The normalized spacial score (nSPS) is 27.8. The summed E-state index contributed by atoms with van der Waals surface area (Å²) in [6.07, 6.45) is 2.42. The van der Waals surface area contributed by atoms with Crippen LogP contribution in [0.3, 0.4) is 0 Å². The number of para-hydroxylation sites is 1. The van der Waals surface area contributed by atoms with E-state index >= 15 is 0 Å². The van der Waals surface area contributed by atoms with Crippen molar-refractivity contribution in [2.75, 3.05) is 7.11 Å². The quantitative estimate of drug-likeness (QED) is 0.584. The monoisotopic (exact) mass is 336 g/mol. The Balaban J connectivity index is 2.11. The molecule has 3 rings (SSSR count). The van der Waals surface area contributed by atoms with E-state index in [1.54, 1.807) is 6.07 Å².